The van der Waals surface area contributed by atoms with Gasteiger partial charge in [0, 0.05) is 17.8 Å². The van der Waals surface area contributed by atoms with Gasteiger partial charge in [0.25, 0.3) is 0 Å². The highest BCUT2D eigenvalue weighted by Crippen LogP contribution is 2.20. The van der Waals surface area contributed by atoms with Crippen LogP contribution in [-0.2, 0) is 19.4 Å². The van der Waals surface area contributed by atoms with Gasteiger partial charge in [-0.2, -0.15) is 15.5 Å². The average Bonchev–Trinajstić information content (AvgIpc) is 2.89. The lowest BCUT2D eigenvalue weighted by atomic mass is 10.0. The van der Waals surface area contributed by atoms with Crippen LogP contribution in [0.3, 0.4) is 0 Å². The average molecular weight is 270 g/mol. The van der Waals surface area contributed by atoms with E-state index in [1.54, 1.807) is 6.20 Å². The summed E-state index contributed by atoms with van der Waals surface area (Å²) >= 11 is 0. The molecule has 2 heterocycles. The third-order valence-corrected chi connectivity index (χ3v) is 3.34. The number of hydrogen-bond donors (Lipinski definition) is 2. The summed E-state index contributed by atoms with van der Waals surface area (Å²) in [6, 6.07) is 2.25. The van der Waals surface area contributed by atoms with E-state index >= 15 is 0 Å². The van der Waals surface area contributed by atoms with Crippen molar-refractivity contribution in [2.24, 2.45) is 0 Å². The Hall–Kier alpha value is -2.42. The molecule has 0 aromatic carbocycles. The summed E-state index contributed by atoms with van der Waals surface area (Å²) in [5, 5.41) is 27.8. The molecule has 0 fully saturated rings. The normalized spacial score (nSPS) is 10.3. The van der Waals surface area contributed by atoms with Crippen molar-refractivity contribution in [1.29, 1.82) is 5.26 Å². The molecular formula is C14H18N6. The van der Waals surface area contributed by atoms with Gasteiger partial charge in [0.2, 0.25) is 0 Å². The number of rotatable bonds is 5. The highest BCUT2D eigenvalue weighted by Gasteiger charge is 2.14. The zero-order valence-corrected chi connectivity index (χ0v) is 12.0. The van der Waals surface area contributed by atoms with Crippen molar-refractivity contribution in [3.8, 4) is 6.07 Å². The topological polar surface area (TPSA) is 90.3 Å². The monoisotopic (exact) mass is 270 g/mol. The molecule has 2 aromatic heterocycles. The van der Waals surface area contributed by atoms with Crippen molar-refractivity contribution in [2.75, 3.05) is 5.32 Å². The maximum Gasteiger partial charge on any atom is 0.167 e. The van der Waals surface area contributed by atoms with Gasteiger partial charge < -0.3 is 5.32 Å². The first-order valence-corrected chi connectivity index (χ1v) is 6.72. The molecule has 0 unspecified atom stereocenters. The van der Waals surface area contributed by atoms with E-state index in [9.17, 15) is 5.26 Å². The SMILES string of the molecule is CCc1nnc(NCc2cn[nH]c2C)c(C#N)c1CC. The number of aromatic nitrogens is 4. The van der Waals surface area contributed by atoms with E-state index in [2.05, 4.69) is 31.8 Å². The fraction of sp³-hybridized carbons (Fsp3) is 0.429. The van der Waals surface area contributed by atoms with Crippen LogP contribution in [0.15, 0.2) is 6.20 Å². The summed E-state index contributed by atoms with van der Waals surface area (Å²) in [6.07, 6.45) is 3.33. The van der Waals surface area contributed by atoms with E-state index in [1.165, 1.54) is 0 Å². The quantitative estimate of drug-likeness (QED) is 0.868. The highest BCUT2D eigenvalue weighted by molar-refractivity contribution is 5.56. The molecule has 0 aliphatic heterocycles. The van der Waals surface area contributed by atoms with Crippen molar-refractivity contribution in [2.45, 2.75) is 40.2 Å². The standard InChI is InChI=1S/C14H18N6/c1-4-11-12(6-15)14(20-19-13(11)5-2)16-7-10-8-17-18-9(10)3/h8H,4-5,7H2,1-3H3,(H,16,20)(H,17,18). The summed E-state index contributed by atoms with van der Waals surface area (Å²) in [5.74, 6) is 0.544. The number of aryl methyl sites for hydroxylation is 2. The van der Waals surface area contributed by atoms with Crippen molar-refractivity contribution < 1.29 is 0 Å². The van der Waals surface area contributed by atoms with Crippen LogP contribution >= 0.6 is 0 Å². The third-order valence-electron chi connectivity index (χ3n) is 3.34. The second-order valence-electron chi connectivity index (χ2n) is 4.54. The van der Waals surface area contributed by atoms with Gasteiger partial charge in [-0.15, -0.1) is 5.10 Å². The molecule has 0 aliphatic rings. The van der Waals surface area contributed by atoms with Crippen LogP contribution in [0.4, 0.5) is 5.82 Å². The number of hydrogen-bond acceptors (Lipinski definition) is 5. The summed E-state index contributed by atoms with van der Waals surface area (Å²) in [6.45, 7) is 6.58. The minimum absolute atomic E-state index is 0.544. The van der Waals surface area contributed by atoms with Gasteiger partial charge in [0.1, 0.15) is 11.6 Å². The van der Waals surface area contributed by atoms with Crippen LogP contribution in [0.1, 0.15) is 41.9 Å². The largest absolute Gasteiger partial charge is 0.363 e. The first-order valence-electron chi connectivity index (χ1n) is 6.72. The molecule has 0 saturated heterocycles. The second-order valence-corrected chi connectivity index (χ2v) is 4.54. The Kier molecular flexibility index (Phi) is 4.31. The van der Waals surface area contributed by atoms with Crippen molar-refractivity contribution in [3.05, 3.63) is 34.3 Å². The fourth-order valence-corrected chi connectivity index (χ4v) is 2.15. The number of aromatic amines is 1. The van der Waals surface area contributed by atoms with Gasteiger partial charge in [-0.1, -0.05) is 13.8 Å². The highest BCUT2D eigenvalue weighted by atomic mass is 15.2. The molecule has 0 saturated carbocycles. The van der Waals surface area contributed by atoms with E-state index in [0.717, 1.165) is 35.4 Å². The van der Waals surface area contributed by atoms with Crippen molar-refractivity contribution >= 4 is 5.82 Å². The summed E-state index contributed by atoms with van der Waals surface area (Å²) < 4.78 is 0. The molecule has 20 heavy (non-hydrogen) atoms. The van der Waals surface area contributed by atoms with Gasteiger partial charge in [-0.25, -0.2) is 0 Å². The smallest absolute Gasteiger partial charge is 0.167 e. The van der Waals surface area contributed by atoms with Gasteiger partial charge in [0.15, 0.2) is 5.82 Å². The Morgan fingerprint density at radius 2 is 2.10 bits per heavy atom. The van der Waals surface area contributed by atoms with Crippen LogP contribution in [0.2, 0.25) is 0 Å². The third kappa shape index (κ3) is 2.62. The molecule has 0 spiro atoms. The molecule has 0 aliphatic carbocycles. The molecule has 104 valence electrons. The molecular weight excluding hydrogens is 252 g/mol. The second kappa shape index (κ2) is 6.15. The summed E-state index contributed by atoms with van der Waals surface area (Å²) in [7, 11) is 0. The molecule has 0 amide bonds. The van der Waals surface area contributed by atoms with Crippen molar-refractivity contribution in [3.63, 3.8) is 0 Å². The van der Waals surface area contributed by atoms with E-state index in [4.69, 9.17) is 0 Å². The number of H-pyrrole nitrogens is 1. The van der Waals surface area contributed by atoms with Crippen LogP contribution in [0.25, 0.3) is 0 Å². The predicted octanol–water partition coefficient (Wildman–Crippen LogP) is 2.12. The Morgan fingerprint density at radius 3 is 2.65 bits per heavy atom. The molecule has 6 nitrogen and oxygen atoms in total. The molecule has 2 rings (SSSR count). The number of anilines is 1. The van der Waals surface area contributed by atoms with Crippen LogP contribution < -0.4 is 5.32 Å². The van der Waals surface area contributed by atoms with E-state index in [1.807, 2.05) is 20.8 Å². The Morgan fingerprint density at radius 1 is 1.30 bits per heavy atom. The maximum absolute atomic E-state index is 9.39. The molecule has 0 radical (unpaired) electrons. The van der Waals surface area contributed by atoms with Gasteiger partial charge in [-0.3, -0.25) is 5.10 Å². The maximum atomic E-state index is 9.39. The fourth-order valence-electron chi connectivity index (χ4n) is 2.15. The Bertz CT molecular complexity index is 638. The molecule has 2 aromatic rings. The molecule has 0 bridgehead atoms. The lowest BCUT2D eigenvalue weighted by Crippen LogP contribution is -2.10. The van der Waals surface area contributed by atoms with Crippen LogP contribution in [0, 0.1) is 18.3 Å². The Balaban J connectivity index is 2.28. The minimum Gasteiger partial charge on any atom is -0.363 e. The minimum atomic E-state index is 0.544. The van der Waals surface area contributed by atoms with Gasteiger partial charge >= 0.3 is 0 Å². The van der Waals surface area contributed by atoms with Crippen LogP contribution in [0.5, 0.6) is 0 Å². The van der Waals surface area contributed by atoms with Gasteiger partial charge in [0.05, 0.1) is 11.9 Å². The summed E-state index contributed by atoms with van der Waals surface area (Å²) in [5.41, 5.74) is 4.53. The van der Waals surface area contributed by atoms with Gasteiger partial charge in [-0.05, 0) is 25.3 Å². The van der Waals surface area contributed by atoms with Crippen LogP contribution in [-0.4, -0.2) is 20.4 Å². The van der Waals surface area contributed by atoms with Crippen molar-refractivity contribution in [1.82, 2.24) is 20.4 Å². The molecule has 0 atom stereocenters. The summed E-state index contributed by atoms with van der Waals surface area (Å²) in [4.78, 5) is 0. The number of nitrogens with zero attached hydrogens (tertiary/aromatic N) is 4. The first kappa shape index (κ1) is 14.0. The van der Waals surface area contributed by atoms with E-state index in [0.29, 0.717) is 17.9 Å². The first-order chi connectivity index (χ1) is 9.71. The lowest BCUT2D eigenvalue weighted by Gasteiger charge is -2.11. The number of nitriles is 1. The zero-order chi connectivity index (χ0) is 14.5. The van der Waals surface area contributed by atoms with E-state index in [-0.39, 0.29) is 0 Å². The Labute approximate surface area is 118 Å². The molecule has 2 N–H and O–H groups in total. The number of nitrogens with one attached hydrogen (secondary N) is 2. The lowest BCUT2D eigenvalue weighted by molar-refractivity contribution is 0.868. The zero-order valence-electron chi connectivity index (χ0n) is 12.0. The molecule has 6 heteroatoms. The van der Waals surface area contributed by atoms with E-state index < -0.39 is 0 Å². The predicted molar refractivity (Wildman–Crippen MR) is 76.2 cm³/mol.